The van der Waals surface area contributed by atoms with Crippen molar-refractivity contribution in [1.82, 2.24) is 10.2 Å². The van der Waals surface area contributed by atoms with Crippen molar-refractivity contribution in [1.29, 1.82) is 5.26 Å². The Bertz CT molecular complexity index is 592. The maximum atomic E-state index is 9.03. The Labute approximate surface area is 114 Å². The van der Waals surface area contributed by atoms with Crippen molar-refractivity contribution in [3.8, 4) is 6.07 Å². The fourth-order valence-corrected chi connectivity index (χ4v) is 2.06. The van der Waals surface area contributed by atoms with E-state index in [-0.39, 0.29) is 0 Å². The van der Waals surface area contributed by atoms with E-state index in [1.165, 1.54) is 6.20 Å². The molecule has 1 aromatic heterocycles. The van der Waals surface area contributed by atoms with E-state index in [1.807, 2.05) is 36.2 Å². The Hall–Kier alpha value is -1.93. The van der Waals surface area contributed by atoms with Gasteiger partial charge in [-0.25, -0.2) is 0 Å². The van der Waals surface area contributed by atoms with E-state index in [2.05, 4.69) is 32.2 Å². The van der Waals surface area contributed by atoms with Gasteiger partial charge in [-0.1, -0.05) is 34.1 Å². The number of halogens is 1. The molecule has 0 N–H and O–H groups in total. The maximum absolute atomic E-state index is 9.03. The lowest BCUT2D eigenvalue weighted by atomic mass is 10.2. The van der Waals surface area contributed by atoms with Crippen LogP contribution in [0.1, 0.15) is 11.1 Å². The van der Waals surface area contributed by atoms with E-state index in [4.69, 9.17) is 5.26 Å². The molecule has 0 aliphatic heterocycles. The Balaban J connectivity index is 2.26. The first-order valence-electron chi connectivity index (χ1n) is 5.38. The number of rotatable bonds is 3. The molecule has 0 saturated heterocycles. The van der Waals surface area contributed by atoms with E-state index in [0.29, 0.717) is 17.9 Å². The van der Waals surface area contributed by atoms with Gasteiger partial charge in [0.25, 0.3) is 0 Å². The molecule has 2 rings (SSSR count). The van der Waals surface area contributed by atoms with Gasteiger partial charge in [0.2, 0.25) is 0 Å². The van der Waals surface area contributed by atoms with Crippen LogP contribution in [0, 0.1) is 11.3 Å². The van der Waals surface area contributed by atoms with E-state index >= 15 is 0 Å². The zero-order valence-electron chi connectivity index (χ0n) is 9.84. The van der Waals surface area contributed by atoms with Gasteiger partial charge in [-0.15, -0.1) is 5.10 Å². The molecule has 18 heavy (non-hydrogen) atoms. The number of nitrogens with zero attached hydrogens (tertiary/aromatic N) is 4. The first-order chi connectivity index (χ1) is 8.72. The number of aromatic nitrogens is 2. The highest BCUT2D eigenvalue weighted by Gasteiger charge is 2.10. The molecule has 0 unspecified atom stereocenters. The number of benzene rings is 1. The molecule has 0 atom stereocenters. The average molecular weight is 303 g/mol. The van der Waals surface area contributed by atoms with Gasteiger partial charge in [0.1, 0.15) is 6.07 Å². The first kappa shape index (κ1) is 12.5. The minimum atomic E-state index is 0.527. The Morgan fingerprint density at radius 1 is 1.33 bits per heavy atom. The third kappa shape index (κ3) is 2.66. The second kappa shape index (κ2) is 5.61. The van der Waals surface area contributed by atoms with Gasteiger partial charge in [-0.2, -0.15) is 10.4 Å². The van der Waals surface area contributed by atoms with Crippen molar-refractivity contribution in [3.05, 3.63) is 52.1 Å². The number of hydrogen-bond acceptors (Lipinski definition) is 4. The Morgan fingerprint density at radius 3 is 2.83 bits per heavy atom. The van der Waals surface area contributed by atoms with Gasteiger partial charge < -0.3 is 4.90 Å². The van der Waals surface area contributed by atoms with Crippen molar-refractivity contribution in [3.63, 3.8) is 0 Å². The molecule has 0 radical (unpaired) electrons. The molecule has 90 valence electrons. The third-order valence-electron chi connectivity index (χ3n) is 2.55. The van der Waals surface area contributed by atoms with E-state index < -0.39 is 0 Å². The number of anilines is 1. The summed E-state index contributed by atoms with van der Waals surface area (Å²) in [5, 5.41) is 16.9. The van der Waals surface area contributed by atoms with Gasteiger partial charge in [0.15, 0.2) is 5.82 Å². The molecule has 0 spiro atoms. The minimum absolute atomic E-state index is 0.527. The molecule has 5 heteroatoms. The molecular formula is C13H11BrN4. The Morgan fingerprint density at radius 2 is 2.11 bits per heavy atom. The lowest BCUT2D eigenvalue weighted by Gasteiger charge is -2.19. The maximum Gasteiger partial charge on any atom is 0.169 e. The predicted molar refractivity (Wildman–Crippen MR) is 73.0 cm³/mol. The summed E-state index contributed by atoms with van der Waals surface area (Å²) in [4.78, 5) is 1.91. The quantitative estimate of drug-likeness (QED) is 0.875. The summed E-state index contributed by atoms with van der Waals surface area (Å²) in [7, 11) is 1.89. The number of hydrogen-bond donors (Lipinski definition) is 0. The van der Waals surface area contributed by atoms with Crippen LogP contribution >= 0.6 is 15.9 Å². The van der Waals surface area contributed by atoms with Crippen LogP contribution in [0.5, 0.6) is 0 Å². The molecule has 1 aromatic carbocycles. The van der Waals surface area contributed by atoms with Crippen LogP contribution in [0.25, 0.3) is 0 Å². The van der Waals surface area contributed by atoms with Crippen LogP contribution in [-0.4, -0.2) is 17.2 Å². The first-order valence-corrected chi connectivity index (χ1v) is 6.18. The van der Waals surface area contributed by atoms with Crippen molar-refractivity contribution in [2.45, 2.75) is 6.54 Å². The molecule has 0 saturated carbocycles. The summed E-state index contributed by atoms with van der Waals surface area (Å²) in [5.41, 5.74) is 1.66. The summed E-state index contributed by atoms with van der Waals surface area (Å²) < 4.78 is 1.04. The smallest absolute Gasteiger partial charge is 0.169 e. The molecule has 4 nitrogen and oxygen atoms in total. The second-order valence-electron chi connectivity index (χ2n) is 3.83. The summed E-state index contributed by atoms with van der Waals surface area (Å²) >= 11 is 3.51. The van der Waals surface area contributed by atoms with Crippen LogP contribution in [0.4, 0.5) is 5.82 Å². The highest BCUT2D eigenvalue weighted by atomic mass is 79.9. The third-order valence-corrected chi connectivity index (χ3v) is 3.32. The van der Waals surface area contributed by atoms with Crippen LogP contribution < -0.4 is 4.90 Å². The normalized spacial score (nSPS) is 9.83. The SMILES string of the molecule is CN(Cc1ccccc1Br)c1nnccc1C#N. The summed E-state index contributed by atoms with van der Waals surface area (Å²) in [5.74, 6) is 0.593. The van der Waals surface area contributed by atoms with Crippen LogP contribution in [0.3, 0.4) is 0 Å². The van der Waals surface area contributed by atoms with E-state index in [9.17, 15) is 0 Å². The standard InChI is InChI=1S/C13H11BrN4/c1-18(9-11-4-2-3-5-12(11)14)13-10(8-15)6-7-16-17-13/h2-7H,9H2,1H3. The molecule has 0 bridgehead atoms. The molecule has 0 fully saturated rings. The van der Waals surface area contributed by atoms with Crippen molar-refractivity contribution in [2.24, 2.45) is 0 Å². The average Bonchev–Trinajstić information content (AvgIpc) is 2.41. The molecular weight excluding hydrogens is 292 g/mol. The minimum Gasteiger partial charge on any atom is -0.353 e. The fourth-order valence-electron chi connectivity index (χ4n) is 1.65. The number of nitriles is 1. The van der Waals surface area contributed by atoms with Gasteiger partial charge in [0.05, 0.1) is 11.8 Å². The largest absolute Gasteiger partial charge is 0.353 e. The highest BCUT2D eigenvalue weighted by molar-refractivity contribution is 9.10. The topological polar surface area (TPSA) is 52.8 Å². The van der Waals surface area contributed by atoms with Gasteiger partial charge in [-0.3, -0.25) is 0 Å². The van der Waals surface area contributed by atoms with Crippen LogP contribution in [0.15, 0.2) is 41.0 Å². The summed E-state index contributed by atoms with van der Waals surface area (Å²) in [6, 6.07) is 11.8. The van der Waals surface area contributed by atoms with Crippen molar-refractivity contribution >= 4 is 21.7 Å². The summed E-state index contributed by atoms with van der Waals surface area (Å²) in [6.07, 6.45) is 1.52. The van der Waals surface area contributed by atoms with Crippen LogP contribution in [-0.2, 0) is 6.54 Å². The van der Waals surface area contributed by atoms with Crippen molar-refractivity contribution < 1.29 is 0 Å². The van der Waals surface area contributed by atoms with E-state index in [1.54, 1.807) is 6.07 Å². The predicted octanol–water partition coefficient (Wildman–Crippen LogP) is 2.75. The molecule has 2 aromatic rings. The van der Waals surface area contributed by atoms with Crippen LogP contribution in [0.2, 0.25) is 0 Å². The Kier molecular flexibility index (Phi) is 3.90. The monoisotopic (exact) mass is 302 g/mol. The lowest BCUT2D eigenvalue weighted by molar-refractivity contribution is 0.860. The lowest BCUT2D eigenvalue weighted by Crippen LogP contribution is -2.19. The zero-order chi connectivity index (χ0) is 13.0. The van der Waals surface area contributed by atoms with Gasteiger partial charge in [-0.05, 0) is 17.7 Å². The van der Waals surface area contributed by atoms with Gasteiger partial charge >= 0.3 is 0 Å². The fraction of sp³-hybridized carbons (Fsp3) is 0.154. The molecule has 0 aliphatic carbocycles. The molecule has 0 aliphatic rings. The summed E-state index contributed by atoms with van der Waals surface area (Å²) in [6.45, 7) is 0.662. The molecule has 1 heterocycles. The van der Waals surface area contributed by atoms with Gasteiger partial charge in [0, 0.05) is 18.1 Å². The molecule has 0 amide bonds. The second-order valence-corrected chi connectivity index (χ2v) is 4.68. The van der Waals surface area contributed by atoms with E-state index in [0.717, 1.165) is 10.0 Å². The highest BCUT2D eigenvalue weighted by Crippen LogP contribution is 2.21. The van der Waals surface area contributed by atoms with Crippen molar-refractivity contribution in [2.75, 3.05) is 11.9 Å². The zero-order valence-corrected chi connectivity index (χ0v) is 11.4.